The van der Waals surface area contributed by atoms with Gasteiger partial charge in [-0.15, -0.1) is 29.7 Å². The van der Waals surface area contributed by atoms with Crippen LogP contribution >= 0.6 is 0 Å². The second-order valence-electron chi connectivity index (χ2n) is 16.9. The van der Waals surface area contributed by atoms with E-state index in [-0.39, 0.29) is 54.4 Å². The van der Waals surface area contributed by atoms with Crippen LogP contribution in [0.5, 0.6) is 11.5 Å². The third-order valence-corrected chi connectivity index (χ3v) is 11.1. The topological polar surface area (TPSA) is 35.9 Å². The quantitative estimate of drug-likeness (QED) is 0.107. The Hall–Kier alpha value is -6.55. The van der Waals surface area contributed by atoms with Crippen LogP contribution in [0.1, 0.15) is 65.0 Å². The van der Waals surface area contributed by atoms with Crippen molar-refractivity contribution in [1.29, 1.82) is 0 Å². The van der Waals surface area contributed by atoms with Gasteiger partial charge < -0.3 is 13.9 Å². The number of pyridine rings is 1. The molecule has 0 saturated carbocycles. The van der Waals surface area contributed by atoms with E-state index in [9.17, 15) is 0 Å². The predicted octanol–water partition coefficient (Wildman–Crippen LogP) is 13.7. The summed E-state index contributed by atoms with van der Waals surface area (Å²) in [6.07, 6.45) is 6.21. The maximum atomic E-state index is 9.06. The first-order valence-electron chi connectivity index (χ1n) is 25.6. The van der Waals surface area contributed by atoms with Crippen LogP contribution in [0.4, 0.5) is 0 Å². The molecule has 10 aromatic rings. The molecule has 314 valence electrons. The van der Waals surface area contributed by atoms with Gasteiger partial charge in [0.05, 0.1) is 30.4 Å². The van der Waals surface area contributed by atoms with Crippen molar-refractivity contribution in [2.45, 2.75) is 53.4 Å². The molecule has 0 fully saturated rings. The number of hydrogen-bond acceptors (Lipinski definition) is 2. The molecule has 0 spiro atoms. The molecule has 0 saturated heterocycles. The monoisotopic (exact) mass is 1010 g/mol. The van der Waals surface area contributed by atoms with Gasteiger partial charge in [0.1, 0.15) is 5.82 Å². The Labute approximate surface area is 398 Å². The number of aromatic nitrogens is 4. The molecule has 0 aliphatic heterocycles. The van der Waals surface area contributed by atoms with Crippen molar-refractivity contribution in [3.8, 4) is 50.9 Å². The predicted molar refractivity (Wildman–Crippen MR) is 253 cm³/mol. The van der Waals surface area contributed by atoms with Gasteiger partial charge in [-0.2, -0.15) is 18.2 Å². The Morgan fingerprint density at radius 3 is 2.11 bits per heavy atom. The molecule has 63 heavy (non-hydrogen) atoms. The first-order chi connectivity index (χ1) is 34.2. The van der Waals surface area contributed by atoms with E-state index in [0.29, 0.717) is 34.1 Å². The van der Waals surface area contributed by atoms with Crippen molar-refractivity contribution in [3.05, 3.63) is 199 Å². The van der Waals surface area contributed by atoms with Crippen LogP contribution in [0.2, 0.25) is 0 Å². The zero-order valence-corrected chi connectivity index (χ0v) is 37.9. The van der Waals surface area contributed by atoms with Gasteiger partial charge in [0, 0.05) is 44.3 Å². The first kappa shape index (κ1) is 31.3. The minimum absolute atomic E-state index is 0. The van der Waals surface area contributed by atoms with Crippen molar-refractivity contribution in [2.24, 2.45) is 5.92 Å². The zero-order valence-electron chi connectivity index (χ0n) is 45.6. The molecule has 0 amide bonds. The van der Waals surface area contributed by atoms with Gasteiger partial charge in [-0.25, -0.2) is 4.98 Å². The van der Waals surface area contributed by atoms with E-state index in [0.717, 1.165) is 39.6 Å². The van der Waals surface area contributed by atoms with Crippen LogP contribution < -0.4 is 9.30 Å². The summed E-state index contributed by atoms with van der Waals surface area (Å²) in [6.45, 7) is 12.9. The number of nitrogens with zero attached hydrogens (tertiary/aromatic N) is 4. The molecule has 0 aliphatic rings. The molecule has 0 aliphatic carbocycles. The van der Waals surface area contributed by atoms with Gasteiger partial charge in [0.15, 0.2) is 0 Å². The SMILES string of the molecule is [2H]c1c([2H])c([2H])c(-c2cccc(-c3c([2H])c([2H])c([2H])c([2H])c3[2H])c2-[n+]2[c-]n(-c3[c-]c(Oc4[c-]c5c(cc4)c4cc(C(C)(C)C)ccc4n5-c4cc(CC(C)C)ccn4)ccc3)c3cccc(C)c32)c([2H])c1[2H].[Pt]. The van der Waals surface area contributed by atoms with E-state index >= 15 is 0 Å². The van der Waals surface area contributed by atoms with E-state index in [4.69, 9.17) is 23.4 Å². The van der Waals surface area contributed by atoms with Crippen LogP contribution in [-0.4, -0.2) is 14.1 Å². The summed E-state index contributed by atoms with van der Waals surface area (Å²) < 4.78 is 99.5. The number of rotatable bonds is 9. The molecular weight excluding hydrogens is 952 g/mol. The first-order valence-corrected chi connectivity index (χ1v) is 20.6. The summed E-state index contributed by atoms with van der Waals surface area (Å²) in [5.74, 6) is 2.05. The minimum atomic E-state index is -0.570. The van der Waals surface area contributed by atoms with Gasteiger partial charge in [0.2, 0.25) is 0 Å². The molecular formula is C57H48N4OPt-2. The third kappa shape index (κ3) is 7.92. The Bertz CT molecular complexity index is 3730. The summed E-state index contributed by atoms with van der Waals surface area (Å²) in [7, 11) is 0. The van der Waals surface area contributed by atoms with Crippen LogP contribution in [0.15, 0.2) is 164 Å². The Morgan fingerprint density at radius 1 is 0.730 bits per heavy atom. The number of imidazole rings is 1. The number of hydrogen-bond donors (Lipinski definition) is 0. The molecule has 6 heteroatoms. The van der Waals surface area contributed by atoms with Crippen molar-refractivity contribution in [1.82, 2.24) is 14.1 Å². The fourth-order valence-electron chi connectivity index (χ4n) is 8.24. The van der Waals surface area contributed by atoms with Crippen LogP contribution in [0.3, 0.4) is 0 Å². The van der Waals surface area contributed by atoms with E-state index < -0.39 is 60.4 Å². The maximum Gasteiger partial charge on any atom is 0.268 e. The fraction of sp³-hybridized carbons (Fsp3) is 0.158. The Kier molecular flexibility index (Phi) is 8.43. The summed E-state index contributed by atoms with van der Waals surface area (Å²) >= 11 is 0. The molecule has 0 unspecified atom stereocenters. The number of ether oxygens (including phenoxy) is 1. The Morgan fingerprint density at radius 2 is 1.41 bits per heavy atom. The second kappa shape index (κ2) is 17.0. The molecule has 5 nitrogen and oxygen atoms in total. The van der Waals surface area contributed by atoms with Crippen molar-refractivity contribution in [3.63, 3.8) is 0 Å². The molecule has 7 aromatic carbocycles. The number of para-hydroxylation sites is 2. The largest absolute Gasteiger partial charge is 0.510 e. The van der Waals surface area contributed by atoms with Crippen molar-refractivity contribution in [2.75, 3.05) is 0 Å². The van der Waals surface area contributed by atoms with Crippen LogP contribution in [0.25, 0.3) is 72.3 Å². The van der Waals surface area contributed by atoms with Gasteiger partial charge in [0.25, 0.3) is 6.33 Å². The average Bonchev–Trinajstić information content (AvgIpc) is 3.90. The maximum absolute atomic E-state index is 9.06. The van der Waals surface area contributed by atoms with Crippen molar-refractivity contribution < 1.29 is 44.1 Å². The molecule has 10 rings (SSSR count). The van der Waals surface area contributed by atoms with Gasteiger partial charge in [-0.1, -0.05) is 149 Å². The number of fused-ring (bicyclic) bond motifs is 4. The summed E-state index contributed by atoms with van der Waals surface area (Å²) in [5, 5.41) is 2.07. The summed E-state index contributed by atoms with van der Waals surface area (Å²) in [5.41, 5.74) is 6.79. The molecule has 3 heterocycles. The van der Waals surface area contributed by atoms with E-state index in [2.05, 4.69) is 88.0 Å². The molecule has 0 radical (unpaired) electrons. The van der Waals surface area contributed by atoms with Crippen LogP contribution in [0, 0.1) is 31.3 Å². The van der Waals surface area contributed by atoms with Gasteiger partial charge in [-0.05, 0) is 92.9 Å². The van der Waals surface area contributed by atoms with E-state index in [1.807, 2.05) is 55.6 Å². The van der Waals surface area contributed by atoms with Crippen molar-refractivity contribution >= 4 is 32.8 Å². The molecule has 3 aromatic heterocycles. The number of aryl methyl sites for hydroxylation is 1. The van der Waals surface area contributed by atoms with E-state index in [1.54, 1.807) is 33.4 Å². The normalized spacial score (nSPS) is 14.0. The van der Waals surface area contributed by atoms with Gasteiger partial charge >= 0.3 is 0 Å². The molecule has 0 atom stereocenters. The summed E-state index contributed by atoms with van der Waals surface area (Å²) in [6, 6.07) is 32.4. The van der Waals surface area contributed by atoms with E-state index in [1.165, 1.54) is 11.1 Å². The smallest absolute Gasteiger partial charge is 0.268 e. The standard InChI is InChI=1S/C57H48N4O.Pt/c1-38(2)32-40-30-31-58-54(33-40)61-51-29-26-43(57(4,5)6)34-50(51)49-28-27-46(36-53(49)61)62-45-22-14-21-44(35-45)59-37-60(55-39(3)16-13-25-52(55)59)56-47(41-17-9-7-10-18-41)23-15-24-48(56)42-19-11-8-12-20-42;/h7-31,33-34,38H,32H2,1-6H3;/q-2;/i7D,8D,9D,10D,11D,12D,17D,18D,19D,20D;. The third-order valence-electron chi connectivity index (χ3n) is 11.1. The fourth-order valence-corrected chi connectivity index (χ4v) is 8.24. The Balaban J connectivity index is 0.00000656. The zero-order chi connectivity index (χ0) is 51.2. The minimum Gasteiger partial charge on any atom is -0.510 e. The van der Waals surface area contributed by atoms with Crippen LogP contribution in [-0.2, 0) is 32.9 Å². The summed E-state index contributed by atoms with van der Waals surface area (Å²) in [4.78, 5) is 4.86. The molecule has 0 N–H and O–H groups in total. The molecule has 0 bridgehead atoms. The second-order valence-corrected chi connectivity index (χ2v) is 16.9. The van der Waals surface area contributed by atoms with Gasteiger partial charge in [-0.3, -0.25) is 4.57 Å². The average molecular weight is 1010 g/mol. The number of benzene rings is 7.